The Bertz CT molecular complexity index is 908. The molecule has 1 heterocycles. The number of pyridine rings is 1. The minimum atomic E-state index is -0.0911. The van der Waals surface area contributed by atoms with Gasteiger partial charge in [-0.1, -0.05) is 18.2 Å². The number of rotatable bonds is 5. The minimum Gasteiger partial charge on any atom is -0.497 e. The number of nitrogen functional groups attached to an aromatic ring is 2. The summed E-state index contributed by atoms with van der Waals surface area (Å²) in [5.41, 5.74) is 14.0. The average molecular weight is 334 g/mol. The number of ether oxygens (including phenoxy) is 2. The zero-order chi connectivity index (χ0) is 17.8. The number of hydrogen-bond donors (Lipinski definition) is 3. The van der Waals surface area contributed by atoms with Gasteiger partial charge in [0.25, 0.3) is 0 Å². The van der Waals surface area contributed by atoms with Crippen molar-refractivity contribution in [3.63, 3.8) is 0 Å². The van der Waals surface area contributed by atoms with Crippen LogP contribution < -0.4 is 20.9 Å². The maximum absolute atomic E-state index is 7.73. The van der Waals surface area contributed by atoms with Gasteiger partial charge in [-0.15, -0.1) is 0 Å². The van der Waals surface area contributed by atoms with Crippen LogP contribution in [-0.2, 0) is 0 Å². The highest BCUT2D eigenvalue weighted by molar-refractivity contribution is 6.05. The van der Waals surface area contributed by atoms with E-state index < -0.39 is 0 Å². The van der Waals surface area contributed by atoms with Crippen LogP contribution >= 0.6 is 0 Å². The normalized spacial score (nSPS) is 10.3. The van der Waals surface area contributed by atoms with Gasteiger partial charge in [0.1, 0.15) is 23.1 Å². The maximum atomic E-state index is 7.73. The highest BCUT2D eigenvalue weighted by atomic mass is 16.5. The maximum Gasteiger partial charge on any atom is 0.131 e. The summed E-state index contributed by atoms with van der Waals surface area (Å²) in [4.78, 5) is 4.09. The molecule has 2 aromatic carbocycles. The molecule has 126 valence electrons. The topological polar surface area (TPSA) is 107 Å². The molecule has 0 saturated heterocycles. The Morgan fingerprint density at radius 2 is 1.72 bits per heavy atom. The van der Waals surface area contributed by atoms with E-state index in [1.165, 1.54) is 6.20 Å². The number of methoxy groups -OCH3 is 1. The van der Waals surface area contributed by atoms with Crippen molar-refractivity contribution in [2.75, 3.05) is 12.8 Å². The fourth-order valence-electron chi connectivity index (χ4n) is 2.50. The number of anilines is 1. The van der Waals surface area contributed by atoms with Crippen LogP contribution in [0.3, 0.4) is 0 Å². The number of nitrogens with zero attached hydrogens (tertiary/aromatic N) is 1. The Kier molecular flexibility index (Phi) is 4.52. The van der Waals surface area contributed by atoms with Crippen LogP contribution in [0.4, 0.5) is 5.69 Å². The molecule has 25 heavy (non-hydrogen) atoms. The Hall–Kier alpha value is -3.54. The first-order valence-corrected chi connectivity index (χ1v) is 7.58. The van der Waals surface area contributed by atoms with E-state index in [0.717, 1.165) is 11.3 Å². The third-order valence-corrected chi connectivity index (χ3v) is 3.69. The van der Waals surface area contributed by atoms with Gasteiger partial charge in [-0.3, -0.25) is 10.4 Å². The SMILES string of the molecule is COc1cccc(Oc2ccc(-c3cncc(N)c3C(=N)N)cc2)c1. The van der Waals surface area contributed by atoms with Crippen LogP contribution in [0, 0.1) is 5.41 Å². The molecule has 0 saturated carbocycles. The number of aromatic nitrogens is 1. The zero-order valence-electron chi connectivity index (χ0n) is 13.7. The second kappa shape index (κ2) is 6.92. The summed E-state index contributed by atoms with van der Waals surface area (Å²) in [6, 6.07) is 14.8. The highest BCUT2D eigenvalue weighted by Gasteiger charge is 2.12. The van der Waals surface area contributed by atoms with E-state index in [2.05, 4.69) is 4.98 Å². The van der Waals surface area contributed by atoms with Crippen LogP contribution in [0.5, 0.6) is 17.2 Å². The van der Waals surface area contributed by atoms with Gasteiger partial charge in [0.05, 0.1) is 19.0 Å². The van der Waals surface area contributed by atoms with Crippen molar-refractivity contribution in [3.8, 4) is 28.4 Å². The first kappa shape index (κ1) is 16.3. The van der Waals surface area contributed by atoms with E-state index in [-0.39, 0.29) is 5.84 Å². The molecular formula is C19H18N4O2. The monoisotopic (exact) mass is 334 g/mol. The van der Waals surface area contributed by atoms with E-state index in [1.54, 1.807) is 13.3 Å². The molecule has 3 rings (SSSR count). The summed E-state index contributed by atoms with van der Waals surface area (Å²) in [5, 5.41) is 7.73. The Morgan fingerprint density at radius 1 is 1.00 bits per heavy atom. The van der Waals surface area contributed by atoms with Crippen LogP contribution in [0.1, 0.15) is 5.56 Å². The summed E-state index contributed by atoms with van der Waals surface area (Å²) < 4.78 is 11.0. The van der Waals surface area contributed by atoms with E-state index >= 15 is 0 Å². The van der Waals surface area contributed by atoms with Gasteiger partial charge in [0.2, 0.25) is 0 Å². The van der Waals surface area contributed by atoms with Gasteiger partial charge in [-0.05, 0) is 29.8 Å². The molecule has 0 fully saturated rings. The Balaban J connectivity index is 1.88. The van der Waals surface area contributed by atoms with Crippen LogP contribution in [0.15, 0.2) is 60.9 Å². The Labute approximate surface area is 145 Å². The molecule has 0 aliphatic heterocycles. The van der Waals surface area contributed by atoms with E-state index in [9.17, 15) is 0 Å². The molecule has 5 N–H and O–H groups in total. The molecule has 0 radical (unpaired) electrons. The van der Waals surface area contributed by atoms with Gasteiger partial charge in [-0.25, -0.2) is 0 Å². The third-order valence-electron chi connectivity index (χ3n) is 3.69. The van der Waals surface area contributed by atoms with Gasteiger partial charge >= 0.3 is 0 Å². The lowest BCUT2D eigenvalue weighted by Gasteiger charge is -2.12. The molecule has 6 heteroatoms. The fourth-order valence-corrected chi connectivity index (χ4v) is 2.50. The number of nitrogens with two attached hydrogens (primary N) is 2. The third kappa shape index (κ3) is 3.53. The molecule has 0 atom stereocenters. The summed E-state index contributed by atoms with van der Waals surface area (Å²) in [6.07, 6.45) is 3.13. The van der Waals surface area contributed by atoms with Crippen molar-refractivity contribution in [1.82, 2.24) is 4.98 Å². The quantitative estimate of drug-likeness (QED) is 0.489. The first-order valence-electron chi connectivity index (χ1n) is 7.58. The van der Waals surface area contributed by atoms with Gasteiger partial charge in [0.15, 0.2) is 0 Å². The lowest BCUT2D eigenvalue weighted by atomic mass is 10.00. The summed E-state index contributed by atoms with van der Waals surface area (Å²) in [5.74, 6) is 2.00. The van der Waals surface area contributed by atoms with Crippen LogP contribution in [-0.4, -0.2) is 17.9 Å². The van der Waals surface area contributed by atoms with Gasteiger partial charge < -0.3 is 20.9 Å². The van der Waals surface area contributed by atoms with E-state index in [4.69, 9.17) is 26.4 Å². The Morgan fingerprint density at radius 3 is 2.40 bits per heavy atom. The van der Waals surface area contributed by atoms with Crippen molar-refractivity contribution in [2.45, 2.75) is 0 Å². The molecular weight excluding hydrogens is 316 g/mol. The molecule has 6 nitrogen and oxygen atoms in total. The molecule has 1 aromatic heterocycles. The molecule has 0 spiro atoms. The number of hydrogen-bond acceptors (Lipinski definition) is 5. The van der Waals surface area contributed by atoms with E-state index in [1.807, 2.05) is 48.5 Å². The second-order valence-electron chi connectivity index (χ2n) is 5.37. The number of amidine groups is 1. The van der Waals surface area contributed by atoms with Crippen molar-refractivity contribution in [3.05, 3.63) is 66.5 Å². The number of nitrogens with one attached hydrogen (secondary N) is 1. The molecule has 0 aliphatic carbocycles. The van der Waals surface area contributed by atoms with Crippen molar-refractivity contribution >= 4 is 11.5 Å². The van der Waals surface area contributed by atoms with Crippen molar-refractivity contribution in [2.24, 2.45) is 5.73 Å². The lowest BCUT2D eigenvalue weighted by Crippen LogP contribution is -2.15. The molecule has 0 amide bonds. The fraction of sp³-hybridized carbons (Fsp3) is 0.0526. The first-order chi connectivity index (χ1) is 12.1. The minimum absolute atomic E-state index is 0.0911. The van der Waals surface area contributed by atoms with Crippen LogP contribution in [0.2, 0.25) is 0 Å². The summed E-state index contributed by atoms with van der Waals surface area (Å²) >= 11 is 0. The smallest absolute Gasteiger partial charge is 0.131 e. The predicted molar refractivity (Wildman–Crippen MR) is 98.2 cm³/mol. The summed E-state index contributed by atoms with van der Waals surface area (Å²) in [7, 11) is 1.61. The van der Waals surface area contributed by atoms with E-state index in [0.29, 0.717) is 28.3 Å². The molecule has 0 aliphatic rings. The standard InChI is InChI=1S/C19H18N4O2/c1-24-14-3-2-4-15(9-14)25-13-7-5-12(6-8-13)16-10-23-11-17(20)18(16)19(21)22/h2-11H,20H2,1H3,(H3,21,22). The van der Waals surface area contributed by atoms with Crippen LogP contribution in [0.25, 0.3) is 11.1 Å². The zero-order valence-corrected chi connectivity index (χ0v) is 13.7. The lowest BCUT2D eigenvalue weighted by molar-refractivity contribution is 0.409. The average Bonchev–Trinajstić information content (AvgIpc) is 2.62. The summed E-state index contributed by atoms with van der Waals surface area (Å²) in [6.45, 7) is 0. The highest BCUT2D eigenvalue weighted by Crippen LogP contribution is 2.30. The van der Waals surface area contributed by atoms with Gasteiger partial charge in [0, 0.05) is 23.4 Å². The molecule has 3 aromatic rings. The largest absolute Gasteiger partial charge is 0.497 e. The predicted octanol–water partition coefficient (Wildman–Crippen LogP) is 3.42. The van der Waals surface area contributed by atoms with Crippen molar-refractivity contribution < 1.29 is 9.47 Å². The van der Waals surface area contributed by atoms with Gasteiger partial charge in [-0.2, -0.15) is 0 Å². The second-order valence-corrected chi connectivity index (χ2v) is 5.37. The van der Waals surface area contributed by atoms with Crippen molar-refractivity contribution in [1.29, 1.82) is 5.41 Å². The number of benzene rings is 2. The molecule has 0 bridgehead atoms. The molecule has 0 unspecified atom stereocenters.